The fourth-order valence-corrected chi connectivity index (χ4v) is 1.59. The predicted molar refractivity (Wildman–Crippen MR) is 85.9 cm³/mol. The third-order valence-electron chi connectivity index (χ3n) is 2.37. The number of rotatable bonds is 1. The van der Waals surface area contributed by atoms with E-state index < -0.39 is 17.9 Å². The Labute approximate surface area is 133 Å². The molecule has 0 aliphatic carbocycles. The number of carboxylic acids is 1. The summed E-state index contributed by atoms with van der Waals surface area (Å²) >= 11 is 0. The summed E-state index contributed by atoms with van der Waals surface area (Å²) in [6, 6.07) is 11.9. The number of nitrogens with two attached hydrogens (primary N) is 1. The fourth-order valence-electron chi connectivity index (χ4n) is 1.59. The number of carbonyl (C=O) groups excluding carboxylic acids is 2. The van der Waals surface area contributed by atoms with Crippen molar-refractivity contribution >= 4 is 28.7 Å². The topological polar surface area (TPSA) is 107 Å². The van der Waals surface area contributed by atoms with Crippen LogP contribution in [0.3, 0.4) is 0 Å². The van der Waals surface area contributed by atoms with Gasteiger partial charge in [-0.1, -0.05) is 36.4 Å². The fraction of sp³-hybridized carbons (Fsp3) is 0.235. The van der Waals surface area contributed by atoms with Crippen LogP contribution < -0.4 is 5.73 Å². The SMILES string of the molecule is CC(C)(C)N.O=C(O)C(=O)OC(=O)c1cccc2ccccc12. The number of hydrogen-bond donors (Lipinski definition) is 2. The maximum absolute atomic E-state index is 11.7. The molecule has 0 atom stereocenters. The molecule has 0 heterocycles. The first-order valence-electron chi connectivity index (χ1n) is 6.85. The van der Waals surface area contributed by atoms with Crippen LogP contribution in [-0.4, -0.2) is 28.6 Å². The molecule has 0 unspecified atom stereocenters. The van der Waals surface area contributed by atoms with Crippen molar-refractivity contribution in [2.45, 2.75) is 26.3 Å². The van der Waals surface area contributed by atoms with Gasteiger partial charge in [-0.15, -0.1) is 0 Å². The lowest BCUT2D eigenvalue weighted by molar-refractivity contribution is -0.160. The number of aliphatic carboxylic acids is 1. The maximum atomic E-state index is 11.7. The van der Waals surface area contributed by atoms with E-state index in [2.05, 4.69) is 4.74 Å². The van der Waals surface area contributed by atoms with Crippen molar-refractivity contribution in [2.24, 2.45) is 5.73 Å². The van der Waals surface area contributed by atoms with E-state index in [-0.39, 0.29) is 11.1 Å². The highest BCUT2D eigenvalue weighted by Gasteiger charge is 2.20. The van der Waals surface area contributed by atoms with Crippen LogP contribution >= 0.6 is 0 Å². The van der Waals surface area contributed by atoms with Crippen LogP contribution in [0.5, 0.6) is 0 Å². The summed E-state index contributed by atoms with van der Waals surface area (Å²) < 4.78 is 4.23. The van der Waals surface area contributed by atoms with Crippen LogP contribution in [-0.2, 0) is 14.3 Å². The van der Waals surface area contributed by atoms with E-state index in [1.807, 2.05) is 20.8 Å². The molecule has 2 aromatic carbocycles. The Morgan fingerprint density at radius 3 is 2.09 bits per heavy atom. The lowest BCUT2D eigenvalue weighted by Crippen LogP contribution is -2.26. The van der Waals surface area contributed by atoms with Gasteiger partial charge in [0.25, 0.3) is 0 Å². The van der Waals surface area contributed by atoms with Gasteiger partial charge in [0.2, 0.25) is 0 Å². The van der Waals surface area contributed by atoms with Crippen molar-refractivity contribution in [1.82, 2.24) is 0 Å². The summed E-state index contributed by atoms with van der Waals surface area (Å²) in [6.45, 7) is 5.90. The average Bonchev–Trinajstić information content (AvgIpc) is 2.44. The third kappa shape index (κ3) is 6.27. The van der Waals surface area contributed by atoms with E-state index >= 15 is 0 Å². The Kier molecular flexibility index (Phi) is 5.98. The number of carboxylic acid groups (broad SMARTS) is 1. The predicted octanol–water partition coefficient (Wildman–Crippen LogP) is 2.35. The van der Waals surface area contributed by atoms with E-state index in [0.717, 1.165) is 5.39 Å². The number of hydrogen-bond acceptors (Lipinski definition) is 5. The van der Waals surface area contributed by atoms with Crippen LogP contribution in [0.1, 0.15) is 31.1 Å². The van der Waals surface area contributed by atoms with E-state index in [1.165, 1.54) is 6.07 Å². The van der Waals surface area contributed by atoms with E-state index in [4.69, 9.17) is 10.8 Å². The second-order valence-electron chi connectivity index (χ2n) is 5.87. The standard InChI is InChI=1S/C13H8O5.C4H11N/c14-11(15)13(17)18-12(16)10-7-3-5-8-4-1-2-6-9(8)10;1-4(2,3)5/h1-7H,(H,14,15);5H2,1-3H3. The van der Waals surface area contributed by atoms with Gasteiger partial charge in [-0.2, -0.15) is 0 Å². The zero-order valence-electron chi connectivity index (χ0n) is 13.2. The van der Waals surface area contributed by atoms with Gasteiger partial charge in [0.1, 0.15) is 0 Å². The van der Waals surface area contributed by atoms with Gasteiger partial charge in [-0.05, 0) is 37.6 Å². The number of ether oxygens (including phenoxy) is 1. The van der Waals surface area contributed by atoms with Crippen molar-refractivity contribution in [3.05, 3.63) is 48.0 Å². The van der Waals surface area contributed by atoms with Gasteiger partial charge in [0.05, 0.1) is 5.56 Å². The highest BCUT2D eigenvalue weighted by atomic mass is 16.6. The highest BCUT2D eigenvalue weighted by molar-refractivity contribution is 6.31. The van der Waals surface area contributed by atoms with Gasteiger partial charge in [0, 0.05) is 5.54 Å². The van der Waals surface area contributed by atoms with Crippen LogP contribution in [0, 0.1) is 0 Å². The molecule has 0 spiro atoms. The lowest BCUT2D eigenvalue weighted by atomic mass is 10.1. The monoisotopic (exact) mass is 317 g/mol. The van der Waals surface area contributed by atoms with Gasteiger partial charge >= 0.3 is 17.9 Å². The minimum Gasteiger partial charge on any atom is -0.473 e. The van der Waals surface area contributed by atoms with E-state index in [9.17, 15) is 14.4 Å². The molecule has 6 heteroatoms. The molecule has 0 aliphatic heterocycles. The molecule has 2 rings (SSSR count). The molecule has 23 heavy (non-hydrogen) atoms. The molecular weight excluding hydrogens is 298 g/mol. The molecule has 0 fully saturated rings. The quantitative estimate of drug-likeness (QED) is 0.475. The third-order valence-corrected chi connectivity index (χ3v) is 2.37. The number of carbonyl (C=O) groups is 3. The Morgan fingerprint density at radius 1 is 1.00 bits per heavy atom. The molecular formula is C17H19NO5. The minimum atomic E-state index is -1.80. The van der Waals surface area contributed by atoms with Gasteiger partial charge < -0.3 is 15.6 Å². The van der Waals surface area contributed by atoms with Gasteiger partial charge in [-0.3, -0.25) is 0 Å². The van der Waals surface area contributed by atoms with Crippen LogP contribution in [0.25, 0.3) is 10.8 Å². The zero-order chi connectivity index (χ0) is 17.6. The van der Waals surface area contributed by atoms with Crippen molar-refractivity contribution in [3.63, 3.8) is 0 Å². The molecule has 0 radical (unpaired) electrons. The first kappa shape index (κ1) is 18.3. The van der Waals surface area contributed by atoms with Crippen LogP contribution in [0.4, 0.5) is 0 Å². The molecule has 0 saturated carbocycles. The Bertz CT molecular complexity index is 720. The van der Waals surface area contributed by atoms with Gasteiger partial charge in [-0.25, -0.2) is 14.4 Å². The molecule has 0 aromatic heterocycles. The zero-order valence-corrected chi connectivity index (χ0v) is 13.2. The Morgan fingerprint density at radius 2 is 1.52 bits per heavy atom. The first-order chi connectivity index (χ1) is 10.6. The largest absolute Gasteiger partial charge is 0.473 e. The molecule has 2 aromatic rings. The number of esters is 2. The normalized spacial score (nSPS) is 10.4. The van der Waals surface area contributed by atoms with Crippen molar-refractivity contribution in [2.75, 3.05) is 0 Å². The van der Waals surface area contributed by atoms with Crippen molar-refractivity contribution < 1.29 is 24.2 Å². The Hall–Kier alpha value is -2.73. The molecule has 122 valence electrons. The molecule has 0 aliphatic rings. The molecule has 6 nitrogen and oxygen atoms in total. The Balaban J connectivity index is 0.000000463. The lowest BCUT2D eigenvalue weighted by Gasteiger charge is -2.06. The first-order valence-corrected chi connectivity index (χ1v) is 6.85. The summed E-state index contributed by atoms with van der Waals surface area (Å²) in [6.07, 6.45) is 0. The van der Waals surface area contributed by atoms with Crippen LogP contribution in [0.15, 0.2) is 42.5 Å². The summed E-state index contributed by atoms with van der Waals surface area (Å²) in [4.78, 5) is 32.8. The molecule has 0 bridgehead atoms. The molecule has 0 saturated heterocycles. The minimum absolute atomic E-state index is 0. The smallest absolute Gasteiger partial charge is 0.425 e. The second kappa shape index (κ2) is 7.51. The second-order valence-corrected chi connectivity index (χ2v) is 5.87. The van der Waals surface area contributed by atoms with Crippen LogP contribution in [0.2, 0.25) is 0 Å². The van der Waals surface area contributed by atoms with E-state index in [1.54, 1.807) is 36.4 Å². The summed E-state index contributed by atoms with van der Waals surface area (Å²) in [5, 5.41) is 9.77. The summed E-state index contributed by atoms with van der Waals surface area (Å²) in [7, 11) is 0. The molecule has 0 amide bonds. The van der Waals surface area contributed by atoms with Crippen molar-refractivity contribution in [3.8, 4) is 0 Å². The average molecular weight is 317 g/mol. The van der Waals surface area contributed by atoms with Gasteiger partial charge in [0.15, 0.2) is 0 Å². The number of benzene rings is 2. The molecule has 3 N–H and O–H groups in total. The van der Waals surface area contributed by atoms with Crippen molar-refractivity contribution in [1.29, 1.82) is 0 Å². The van der Waals surface area contributed by atoms with E-state index in [0.29, 0.717) is 5.39 Å². The summed E-state index contributed by atoms with van der Waals surface area (Å²) in [5.74, 6) is -4.37. The highest BCUT2D eigenvalue weighted by Crippen LogP contribution is 2.19. The summed E-state index contributed by atoms with van der Waals surface area (Å²) in [5.41, 5.74) is 5.51. The number of fused-ring (bicyclic) bond motifs is 1. The maximum Gasteiger partial charge on any atom is 0.425 e.